The fourth-order valence-electron chi connectivity index (χ4n) is 2.86. The molecule has 1 aliphatic heterocycles. The van der Waals surface area contributed by atoms with Crippen molar-refractivity contribution < 1.29 is 4.79 Å². The molecule has 0 bridgehead atoms. The van der Waals surface area contributed by atoms with Crippen molar-refractivity contribution >= 4 is 11.6 Å². The number of hydrogen-bond acceptors (Lipinski definition) is 3. The predicted octanol–water partition coefficient (Wildman–Crippen LogP) is 2.55. The van der Waals surface area contributed by atoms with Gasteiger partial charge < -0.3 is 15.6 Å². The lowest BCUT2D eigenvalue weighted by Crippen LogP contribution is -2.50. The Bertz CT molecular complexity index is 598. The van der Waals surface area contributed by atoms with Crippen LogP contribution < -0.4 is 10.6 Å². The SMILES string of the molecule is CCC1(C(=O)Nc2ccc(-c3cnc[nH]3)cc2)CCCN1. The number of hydrogen-bond donors (Lipinski definition) is 3. The van der Waals surface area contributed by atoms with Crippen LogP contribution in [-0.4, -0.2) is 28.0 Å². The largest absolute Gasteiger partial charge is 0.345 e. The molecule has 1 fully saturated rings. The number of rotatable bonds is 4. The van der Waals surface area contributed by atoms with Crippen LogP contribution in [0.15, 0.2) is 36.8 Å². The number of benzene rings is 1. The van der Waals surface area contributed by atoms with E-state index < -0.39 is 5.54 Å². The molecule has 5 nitrogen and oxygen atoms in total. The maximum Gasteiger partial charge on any atom is 0.244 e. The van der Waals surface area contributed by atoms with Crippen molar-refractivity contribution in [3.63, 3.8) is 0 Å². The van der Waals surface area contributed by atoms with Crippen LogP contribution >= 0.6 is 0 Å². The van der Waals surface area contributed by atoms with E-state index >= 15 is 0 Å². The van der Waals surface area contributed by atoms with E-state index in [9.17, 15) is 4.79 Å². The lowest BCUT2D eigenvalue weighted by molar-refractivity contribution is -0.122. The summed E-state index contributed by atoms with van der Waals surface area (Å²) in [5.41, 5.74) is 2.44. The van der Waals surface area contributed by atoms with Gasteiger partial charge in [-0.1, -0.05) is 19.1 Å². The Morgan fingerprint density at radius 1 is 1.38 bits per heavy atom. The summed E-state index contributed by atoms with van der Waals surface area (Å²) in [6.45, 7) is 2.97. The summed E-state index contributed by atoms with van der Waals surface area (Å²) in [5, 5.41) is 6.37. The summed E-state index contributed by atoms with van der Waals surface area (Å²) in [7, 11) is 0. The van der Waals surface area contributed by atoms with Crippen molar-refractivity contribution in [1.29, 1.82) is 0 Å². The standard InChI is InChI=1S/C16H20N4O/c1-2-16(8-3-9-19-16)15(21)20-13-6-4-12(5-7-13)14-10-17-11-18-14/h4-7,10-11,19H,2-3,8-9H2,1H3,(H,17,18)(H,20,21). The Kier molecular flexibility index (Phi) is 3.75. The van der Waals surface area contributed by atoms with Crippen LogP contribution in [0.25, 0.3) is 11.3 Å². The minimum Gasteiger partial charge on any atom is -0.345 e. The van der Waals surface area contributed by atoms with E-state index in [1.165, 1.54) is 0 Å². The third kappa shape index (κ3) is 2.69. The van der Waals surface area contributed by atoms with E-state index in [-0.39, 0.29) is 5.91 Å². The minimum atomic E-state index is -0.401. The van der Waals surface area contributed by atoms with Crippen LogP contribution in [0.1, 0.15) is 26.2 Å². The lowest BCUT2D eigenvalue weighted by atomic mass is 9.93. The van der Waals surface area contributed by atoms with Gasteiger partial charge in [0, 0.05) is 5.69 Å². The molecule has 0 saturated carbocycles. The van der Waals surface area contributed by atoms with Gasteiger partial charge in [-0.2, -0.15) is 0 Å². The van der Waals surface area contributed by atoms with E-state index in [1.807, 2.05) is 24.3 Å². The average Bonchev–Trinajstić information content (AvgIpc) is 3.20. The number of H-pyrrole nitrogens is 1. The Labute approximate surface area is 124 Å². The van der Waals surface area contributed by atoms with Gasteiger partial charge in [0.15, 0.2) is 0 Å². The van der Waals surface area contributed by atoms with Gasteiger partial charge in [-0.3, -0.25) is 4.79 Å². The van der Waals surface area contributed by atoms with Gasteiger partial charge in [0.2, 0.25) is 5.91 Å². The second kappa shape index (κ2) is 5.69. The number of anilines is 1. The Morgan fingerprint density at radius 3 is 2.76 bits per heavy atom. The van der Waals surface area contributed by atoms with E-state index in [4.69, 9.17) is 0 Å². The third-order valence-electron chi connectivity index (χ3n) is 4.23. The molecule has 2 aromatic rings. The first kappa shape index (κ1) is 13.8. The number of aromatic nitrogens is 2. The van der Waals surface area contributed by atoms with E-state index in [1.54, 1.807) is 12.5 Å². The second-order valence-electron chi connectivity index (χ2n) is 5.46. The highest BCUT2D eigenvalue weighted by Crippen LogP contribution is 2.25. The van der Waals surface area contributed by atoms with Crippen molar-refractivity contribution in [2.24, 2.45) is 0 Å². The monoisotopic (exact) mass is 284 g/mol. The highest BCUT2D eigenvalue weighted by Gasteiger charge is 2.38. The molecule has 1 saturated heterocycles. The number of carbonyl (C=O) groups is 1. The normalized spacial score (nSPS) is 21.4. The number of imidazole rings is 1. The van der Waals surface area contributed by atoms with E-state index in [0.717, 1.165) is 42.8 Å². The maximum atomic E-state index is 12.5. The van der Waals surface area contributed by atoms with Crippen LogP contribution in [0, 0.1) is 0 Å². The molecule has 0 aliphatic carbocycles. The molecule has 2 heterocycles. The summed E-state index contributed by atoms with van der Waals surface area (Å²) >= 11 is 0. The van der Waals surface area contributed by atoms with Crippen molar-refractivity contribution in [2.45, 2.75) is 31.7 Å². The first-order chi connectivity index (χ1) is 10.2. The van der Waals surface area contributed by atoms with Gasteiger partial charge >= 0.3 is 0 Å². The summed E-state index contributed by atoms with van der Waals surface area (Å²) in [6.07, 6.45) is 6.20. The van der Waals surface area contributed by atoms with Crippen molar-refractivity contribution in [3.8, 4) is 11.3 Å². The lowest BCUT2D eigenvalue weighted by Gasteiger charge is -2.26. The quantitative estimate of drug-likeness (QED) is 0.808. The first-order valence-electron chi connectivity index (χ1n) is 7.39. The summed E-state index contributed by atoms with van der Waals surface area (Å²) in [6, 6.07) is 7.80. The van der Waals surface area contributed by atoms with Gasteiger partial charge in [0.25, 0.3) is 0 Å². The first-order valence-corrected chi connectivity index (χ1v) is 7.39. The van der Waals surface area contributed by atoms with Gasteiger partial charge in [-0.25, -0.2) is 4.98 Å². The highest BCUT2D eigenvalue weighted by molar-refractivity contribution is 5.98. The van der Waals surface area contributed by atoms with Gasteiger partial charge in [0.05, 0.1) is 23.8 Å². The molecule has 3 N–H and O–H groups in total. The van der Waals surface area contributed by atoms with E-state index in [2.05, 4.69) is 27.5 Å². The van der Waals surface area contributed by atoms with Crippen LogP contribution in [0.2, 0.25) is 0 Å². The van der Waals surface area contributed by atoms with Crippen LogP contribution in [0.5, 0.6) is 0 Å². The highest BCUT2D eigenvalue weighted by atomic mass is 16.2. The van der Waals surface area contributed by atoms with Crippen LogP contribution in [0.4, 0.5) is 5.69 Å². The number of aromatic amines is 1. The van der Waals surface area contributed by atoms with E-state index in [0.29, 0.717) is 0 Å². The number of nitrogens with zero attached hydrogens (tertiary/aromatic N) is 1. The zero-order valence-electron chi connectivity index (χ0n) is 12.1. The molecular weight excluding hydrogens is 264 g/mol. The number of carbonyl (C=O) groups excluding carboxylic acids is 1. The second-order valence-corrected chi connectivity index (χ2v) is 5.46. The molecule has 1 aromatic carbocycles. The maximum absolute atomic E-state index is 12.5. The van der Waals surface area contributed by atoms with Crippen molar-refractivity contribution in [3.05, 3.63) is 36.8 Å². The fourth-order valence-corrected chi connectivity index (χ4v) is 2.86. The molecule has 5 heteroatoms. The summed E-state index contributed by atoms with van der Waals surface area (Å²) in [4.78, 5) is 19.6. The molecule has 1 aliphatic rings. The molecular formula is C16H20N4O. The molecule has 110 valence electrons. The molecule has 1 amide bonds. The minimum absolute atomic E-state index is 0.0665. The molecule has 1 aromatic heterocycles. The predicted molar refractivity (Wildman–Crippen MR) is 82.9 cm³/mol. The van der Waals surface area contributed by atoms with Crippen LogP contribution in [0.3, 0.4) is 0 Å². The molecule has 1 unspecified atom stereocenters. The number of amides is 1. The zero-order chi connectivity index (χ0) is 14.7. The topological polar surface area (TPSA) is 69.8 Å². The molecule has 0 radical (unpaired) electrons. The fraction of sp³-hybridized carbons (Fsp3) is 0.375. The third-order valence-corrected chi connectivity index (χ3v) is 4.23. The molecule has 1 atom stereocenters. The molecule has 0 spiro atoms. The molecule has 3 rings (SSSR count). The Morgan fingerprint density at radius 2 is 2.19 bits per heavy atom. The smallest absolute Gasteiger partial charge is 0.244 e. The van der Waals surface area contributed by atoms with Gasteiger partial charge in [0.1, 0.15) is 0 Å². The Hall–Kier alpha value is -2.14. The van der Waals surface area contributed by atoms with Gasteiger partial charge in [-0.15, -0.1) is 0 Å². The summed E-state index contributed by atoms with van der Waals surface area (Å²) in [5.74, 6) is 0.0665. The Balaban J connectivity index is 1.72. The van der Waals surface area contributed by atoms with Crippen molar-refractivity contribution in [2.75, 3.05) is 11.9 Å². The summed E-state index contributed by atoms with van der Waals surface area (Å²) < 4.78 is 0. The van der Waals surface area contributed by atoms with Crippen LogP contribution in [-0.2, 0) is 4.79 Å². The molecule has 21 heavy (non-hydrogen) atoms. The average molecular weight is 284 g/mol. The van der Waals surface area contributed by atoms with Gasteiger partial charge in [-0.05, 0) is 43.5 Å². The van der Waals surface area contributed by atoms with Crippen molar-refractivity contribution in [1.82, 2.24) is 15.3 Å². The number of nitrogens with one attached hydrogen (secondary N) is 3. The zero-order valence-corrected chi connectivity index (χ0v) is 12.1.